The lowest BCUT2D eigenvalue weighted by Gasteiger charge is -2.03. The average molecular weight is 310 g/mol. The fraction of sp³-hybridized carbons (Fsp3) is 0.167. The molecule has 1 amide bonds. The third-order valence-corrected chi connectivity index (χ3v) is 2.93. The second kappa shape index (κ2) is 5.68. The van der Waals surface area contributed by atoms with Crippen molar-refractivity contribution in [3.63, 3.8) is 0 Å². The van der Waals surface area contributed by atoms with Crippen molar-refractivity contribution in [1.29, 1.82) is 0 Å². The van der Waals surface area contributed by atoms with E-state index in [-0.39, 0.29) is 11.5 Å². The molecule has 2 rings (SSSR count). The smallest absolute Gasteiger partial charge is 0.264 e. The molecule has 2 aromatic rings. The van der Waals surface area contributed by atoms with Gasteiger partial charge in [0, 0.05) is 10.5 Å². The van der Waals surface area contributed by atoms with Gasteiger partial charge in [-0.25, -0.2) is 0 Å². The maximum absolute atomic E-state index is 11.7. The molecule has 3 N–H and O–H groups in total. The Labute approximate surface area is 112 Å². The van der Waals surface area contributed by atoms with E-state index >= 15 is 0 Å². The summed E-state index contributed by atoms with van der Waals surface area (Å²) in [6.45, 7) is 0.314. The molecular weight excluding hydrogens is 298 g/mol. The number of H-pyrrole nitrogens is 2. The van der Waals surface area contributed by atoms with E-state index in [9.17, 15) is 9.59 Å². The van der Waals surface area contributed by atoms with Crippen molar-refractivity contribution >= 4 is 21.8 Å². The predicted molar refractivity (Wildman–Crippen MR) is 71.1 cm³/mol. The second-order valence-electron chi connectivity index (χ2n) is 3.86. The molecule has 0 saturated heterocycles. The highest BCUT2D eigenvalue weighted by atomic mass is 79.9. The standard InChI is InChI=1S/C12H12BrN3O2/c13-9-3-1-8(2-4-9)5-11(17)14-7-10-6-12(18)16-15-10/h1-4,6H,5,7H2,(H,14,17)(H2,15,16,18). The molecule has 0 radical (unpaired) electrons. The number of carbonyl (C=O) groups excluding carboxylic acids is 1. The van der Waals surface area contributed by atoms with Gasteiger partial charge in [0.05, 0.1) is 18.7 Å². The number of rotatable bonds is 4. The predicted octanol–water partition coefficient (Wildman–Crippen LogP) is 1.32. The van der Waals surface area contributed by atoms with E-state index in [1.54, 1.807) is 0 Å². The number of hydrogen-bond acceptors (Lipinski definition) is 2. The summed E-state index contributed by atoms with van der Waals surface area (Å²) in [6, 6.07) is 8.99. The molecular formula is C12H12BrN3O2. The summed E-state index contributed by atoms with van der Waals surface area (Å²) in [5.41, 5.74) is 1.40. The molecule has 0 atom stereocenters. The molecule has 0 bridgehead atoms. The topological polar surface area (TPSA) is 77.8 Å². The van der Waals surface area contributed by atoms with Crippen molar-refractivity contribution in [1.82, 2.24) is 15.5 Å². The van der Waals surface area contributed by atoms with Crippen molar-refractivity contribution in [3.8, 4) is 0 Å². The number of aromatic amines is 2. The van der Waals surface area contributed by atoms with E-state index < -0.39 is 0 Å². The lowest BCUT2D eigenvalue weighted by molar-refractivity contribution is -0.120. The van der Waals surface area contributed by atoms with Gasteiger partial charge in [-0.1, -0.05) is 28.1 Å². The summed E-state index contributed by atoms with van der Waals surface area (Å²) in [4.78, 5) is 22.5. The number of halogens is 1. The summed E-state index contributed by atoms with van der Waals surface area (Å²) in [7, 11) is 0. The van der Waals surface area contributed by atoms with E-state index in [0.29, 0.717) is 18.7 Å². The Morgan fingerprint density at radius 2 is 1.94 bits per heavy atom. The molecule has 5 nitrogen and oxygen atoms in total. The van der Waals surface area contributed by atoms with Gasteiger partial charge in [0.1, 0.15) is 0 Å². The van der Waals surface area contributed by atoms with E-state index in [1.165, 1.54) is 6.07 Å². The van der Waals surface area contributed by atoms with E-state index in [4.69, 9.17) is 0 Å². The molecule has 1 aromatic heterocycles. The van der Waals surface area contributed by atoms with E-state index in [0.717, 1.165) is 10.0 Å². The Morgan fingerprint density at radius 1 is 1.22 bits per heavy atom. The van der Waals surface area contributed by atoms with Gasteiger partial charge in [-0.05, 0) is 17.7 Å². The fourth-order valence-electron chi connectivity index (χ4n) is 1.51. The minimum absolute atomic E-state index is 0.0839. The van der Waals surface area contributed by atoms with Crippen molar-refractivity contribution in [3.05, 3.63) is 56.4 Å². The van der Waals surface area contributed by atoms with Crippen LogP contribution >= 0.6 is 15.9 Å². The molecule has 0 aliphatic carbocycles. The lowest BCUT2D eigenvalue weighted by Crippen LogP contribution is -2.24. The van der Waals surface area contributed by atoms with Crippen LogP contribution in [-0.4, -0.2) is 16.1 Å². The number of hydrogen-bond donors (Lipinski definition) is 3. The Hall–Kier alpha value is -1.82. The Kier molecular flexibility index (Phi) is 3.99. The normalized spacial score (nSPS) is 10.3. The average Bonchev–Trinajstić information content (AvgIpc) is 2.76. The summed E-state index contributed by atoms with van der Waals surface area (Å²) in [5.74, 6) is -0.0839. The highest BCUT2D eigenvalue weighted by Crippen LogP contribution is 2.10. The Balaban J connectivity index is 1.85. The molecule has 1 heterocycles. The molecule has 0 aliphatic heterocycles. The van der Waals surface area contributed by atoms with Crippen molar-refractivity contribution in [2.75, 3.05) is 0 Å². The molecule has 0 fully saturated rings. The maximum atomic E-state index is 11.7. The van der Waals surface area contributed by atoms with Crippen LogP contribution in [0.15, 0.2) is 39.6 Å². The molecule has 0 saturated carbocycles. The summed E-state index contributed by atoms with van der Waals surface area (Å²) < 4.78 is 0.983. The SMILES string of the molecule is O=C(Cc1ccc(Br)cc1)NCc1cc(=O)[nH][nH]1. The van der Waals surface area contributed by atoms with Crippen LogP contribution in [0.25, 0.3) is 0 Å². The Bertz CT molecular complexity index is 586. The van der Waals surface area contributed by atoms with Crippen LogP contribution in [0.1, 0.15) is 11.3 Å². The van der Waals surface area contributed by atoms with Gasteiger partial charge in [-0.15, -0.1) is 0 Å². The van der Waals surface area contributed by atoms with Gasteiger partial charge in [0.25, 0.3) is 5.56 Å². The van der Waals surface area contributed by atoms with Crippen LogP contribution < -0.4 is 10.9 Å². The molecule has 94 valence electrons. The molecule has 18 heavy (non-hydrogen) atoms. The Morgan fingerprint density at radius 3 is 2.56 bits per heavy atom. The maximum Gasteiger partial charge on any atom is 0.264 e. The number of benzene rings is 1. The first-order valence-electron chi connectivity index (χ1n) is 5.41. The monoisotopic (exact) mass is 309 g/mol. The number of nitrogens with one attached hydrogen (secondary N) is 3. The first-order chi connectivity index (χ1) is 8.63. The zero-order valence-electron chi connectivity index (χ0n) is 9.50. The summed E-state index contributed by atoms with van der Waals surface area (Å²) >= 11 is 3.34. The fourth-order valence-corrected chi connectivity index (χ4v) is 1.78. The van der Waals surface area contributed by atoms with Gasteiger partial charge >= 0.3 is 0 Å². The quantitative estimate of drug-likeness (QED) is 0.796. The van der Waals surface area contributed by atoms with Crippen LogP contribution in [0.2, 0.25) is 0 Å². The number of amides is 1. The highest BCUT2D eigenvalue weighted by Gasteiger charge is 2.04. The number of carbonyl (C=O) groups is 1. The zero-order valence-corrected chi connectivity index (χ0v) is 11.1. The minimum Gasteiger partial charge on any atom is -0.350 e. The summed E-state index contributed by atoms with van der Waals surface area (Å²) in [6.07, 6.45) is 0.321. The van der Waals surface area contributed by atoms with Crippen molar-refractivity contribution in [2.24, 2.45) is 0 Å². The first kappa shape index (κ1) is 12.6. The van der Waals surface area contributed by atoms with Crippen LogP contribution in [-0.2, 0) is 17.8 Å². The molecule has 6 heteroatoms. The van der Waals surface area contributed by atoms with Crippen LogP contribution in [0.3, 0.4) is 0 Å². The third kappa shape index (κ3) is 3.59. The largest absolute Gasteiger partial charge is 0.350 e. The van der Waals surface area contributed by atoms with Gasteiger partial charge in [0.2, 0.25) is 5.91 Å². The van der Waals surface area contributed by atoms with Gasteiger partial charge in [0.15, 0.2) is 0 Å². The third-order valence-electron chi connectivity index (χ3n) is 2.41. The molecule has 0 aliphatic rings. The molecule has 0 unspecified atom stereocenters. The molecule has 0 spiro atoms. The summed E-state index contributed by atoms with van der Waals surface area (Å²) in [5, 5.41) is 7.82. The highest BCUT2D eigenvalue weighted by molar-refractivity contribution is 9.10. The van der Waals surface area contributed by atoms with Crippen LogP contribution in [0, 0.1) is 0 Å². The molecule has 1 aromatic carbocycles. The van der Waals surface area contributed by atoms with Gasteiger partial charge in [-0.3, -0.25) is 14.7 Å². The minimum atomic E-state index is -0.202. The lowest BCUT2D eigenvalue weighted by atomic mass is 10.1. The van der Waals surface area contributed by atoms with Gasteiger partial charge in [-0.2, -0.15) is 0 Å². The van der Waals surface area contributed by atoms with Crippen molar-refractivity contribution < 1.29 is 4.79 Å². The van der Waals surface area contributed by atoms with E-state index in [2.05, 4.69) is 31.4 Å². The second-order valence-corrected chi connectivity index (χ2v) is 4.78. The number of aromatic nitrogens is 2. The zero-order chi connectivity index (χ0) is 13.0. The van der Waals surface area contributed by atoms with Crippen molar-refractivity contribution in [2.45, 2.75) is 13.0 Å². The first-order valence-corrected chi connectivity index (χ1v) is 6.20. The van der Waals surface area contributed by atoms with E-state index in [1.807, 2.05) is 24.3 Å². The van der Waals surface area contributed by atoms with Crippen LogP contribution in [0.4, 0.5) is 0 Å². The van der Waals surface area contributed by atoms with Crippen LogP contribution in [0.5, 0.6) is 0 Å². The van der Waals surface area contributed by atoms with Gasteiger partial charge < -0.3 is 10.4 Å².